The van der Waals surface area contributed by atoms with Crippen LogP contribution >= 0.6 is 0 Å². The van der Waals surface area contributed by atoms with E-state index < -0.39 is 19.6 Å². The van der Waals surface area contributed by atoms with Gasteiger partial charge in [0, 0.05) is 24.2 Å². The predicted octanol–water partition coefficient (Wildman–Crippen LogP) is 2.86. The summed E-state index contributed by atoms with van der Waals surface area (Å²) in [7, 11) is 1.52. The quantitative estimate of drug-likeness (QED) is 0.592. The van der Waals surface area contributed by atoms with Gasteiger partial charge in [-0.2, -0.15) is 13.2 Å². The lowest BCUT2D eigenvalue weighted by molar-refractivity contribution is -0.186. The van der Waals surface area contributed by atoms with E-state index in [1.807, 2.05) is 6.07 Å². The number of methoxy groups -OCH3 is 1. The number of ether oxygens (including phenoxy) is 3. The molecule has 4 nitrogen and oxygen atoms in total. The van der Waals surface area contributed by atoms with Crippen LogP contribution in [-0.4, -0.2) is 32.7 Å². The van der Waals surface area contributed by atoms with E-state index in [1.165, 1.54) is 7.11 Å². The molecule has 7 heteroatoms. The molecule has 1 fully saturated rings. The molecule has 0 unspecified atom stereocenters. The summed E-state index contributed by atoms with van der Waals surface area (Å²) in [5.74, 6) is 1.04. The third-order valence-corrected chi connectivity index (χ3v) is 3.00. The fourth-order valence-electron chi connectivity index (χ4n) is 1.75. The number of rotatable bonds is 8. The maximum Gasteiger partial charge on any atom is 0.411 e. The first-order valence-electron chi connectivity index (χ1n) is 6.65. The Morgan fingerprint density at radius 3 is 2.67 bits per heavy atom. The summed E-state index contributed by atoms with van der Waals surface area (Å²) in [6, 6.07) is 5.78. The highest BCUT2D eigenvalue weighted by molar-refractivity contribution is 5.40. The van der Waals surface area contributed by atoms with Gasteiger partial charge >= 0.3 is 6.18 Å². The van der Waals surface area contributed by atoms with Gasteiger partial charge in [0.05, 0.1) is 7.11 Å². The standard InChI is InChI=1S/C14H18F3NO3/c1-19-12-5-2-10(7-18-11-3-4-11)13(6-12)21-9-20-8-14(15,16)17/h2,5-6,11,18H,3-4,7-9H2,1H3. The minimum atomic E-state index is -4.35. The molecule has 0 aliphatic heterocycles. The molecular formula is C14H18F3NO3. The van der Waals surface area contributed by atoms with Crippen LogP contribution in [0.15, 0.2) is 18.2 Å². The average Bonchev–Trinajstić information content (AvgIpc) is 3.25. The van der Waals surface area contributed by atoms with Crippen LogP contribution in [0.4, 0.5) is 13.2 Å². The van der Waals surface area contributed by atoms with Crippen molar-refractivity contribution in [1.82, 2.24) is 5.32 Å². The van der Waals surface area contributed by atoms with Crippen LogP contribution in [0.5, 0.6) is 11.5 Å². The summed E-state index contributed by atoms with van der Waals surface area (Å²) in [5.41, 5.74) is 0.860. The minimum absolute atomic E-state index is 0.455. The maximum absolute atomic E-state index is 12.0. The molecule has 1 aliphatic rings. The van der Waals surface area contributed by atoms with E-state index >= 15 is 0 Å². The van der Waals surface area contributed by atoms with Crippen LogP contribution in [0.1, 0.15) is 18.4 Å². The Bertz CT molecular complexity index is 461. The van der Waals surface area contributed by atoms with Crippen molar-refractivity contribution in [3.05, 3.63) is 23.8 Å². The second-order valence-corrected chi connectivity index (χ2v) is 4.85. The Morgan fingerprint density at radius 2 is 2.05 bits per heavy atom. The van der Waals surface area contributed by atoms with Gasteiger partial charge in [0.1, 0.15) is 18.1 Å². The van der Waals surface area contributed by atoms with Crippen molar-refractivity contribution in [1.29, 1.82) is 0 Å². The van der Waals surface area contributed by atoms with Gasteiger partial charge in [-0.25, -0.2) is 0 Å². The number of hydrogen-bond donors (Lipinski definition) is 1. The second kappa shape index (κ2) is 7.00. The van der Waals surface area contributed by atoms with E-state index in [1.54, 1.807) is 12.1 Å². The molecule has 21 heavy (non-hydrogen) atoms. The van der Waals surface area contributed by atoms with Crippen LogP contribution in [0, 0.1) is 0 Å². The minimum Gasteiger partial charge on any atom is -0.497 e. The van der Waals surface area contributed by atoms with Crippen LogP contribution in [-0.2, 0) is 11.3 Å². The van der Waals surface area contributed by atoms with Gasteiger partial charge in [-0.05, 0) is 18.9 Å². The van der Waals surface area contributed by atoms with Gasteiger partial charge < -0.3 is 19.5 Å². The van der Waals surface area contributed by atoms with Crippen molar-refractivity contribution in [2.75, 3.05) is 20.5 Å². The molecule has 1 aromatic rings. The zero-order valence-electron chi connectivity index (χ0n) is 11.7. The largest absolute Gasteiger partial charge is 0.497 e. The molecule has 1 aliphatic carbocycles. The first-order chi connectivity index (χ1) is 9.98. The first-order valence-corrected chi connectivity index (χ1v) is 6.65. The fourth-order valence-corrected chi connectivity index (χ4v) is 1.75. The summed E-state index contributed by atoms with van der Waals surface area (Å²) in [6.07, 6.45) is -2.05. The van der Waals surface area contributed by atoms with E-state index in [9.17, 15) is 13.2 Å². The molecule has 0 amide bonds. The first kappa shape index (κ1) is 15.9. The molecule has 0 aromatic heterocycles. The van der Waals surface area contributed by atoms with Crippen molar-refractivity contribution < 1.29 is 27.4 Å². The Balaban J connectivity index is 1.90. The summed E-state index contributed by atoms with van der Waals surface area (Å²) in [5, 5.41) is 3.32. The highest BCUT2D eigenvalue weighted by Gasteiger charge is 2.27. The van der Waals surface area contributed by atoms with E-state index in [2.05, 4.69) is 10.1 Å². The number of benzene rings is 1. The van der Waals surface area contributed by atoms with Crippen molar-refractivity contribution in [3.8, 4) is 11.5 Å². The van der Waals surface area contributed by atoms with Crippen molar-refractivity contribution in [3.63, 3.8) is 0 Å². The molecule has 1 saturated carbocycles. The Hall–Kier alpha value is -1.47. The highest BCUT2D eigenvalue weighted by atomic mass is 19.4. The lowest BCUT2D eigenvalue weighted by atomic mass is 10.2. The number of halogens is 3. The third kappa shape index (κ3) is 5.81. The predicted molar refractivity (Wildman–Crippen MR) is 70.4 cm³/mol. The molecule has 1 aromatic carbocycles. The summed E-state index contributed by atoms with van der Waals surface area (Å²) in [4.78, 5) is 0. The smallest absolute Gasteiger partial charge is 0.411 e. The Kier molecular flexibility index (Phi) is 5.30. The molecule has 0 atom stereocenters. The van der Waals surface area contributed by atoms with Crippen molar-refractivity contribution in [2.45, 2.75) is 31.6 Å². The van der Waals surface area contributed by atoms with Crippen molar-refractivity contribution in [2.24, 2.45) is 0 Å². The molecule has 0 radical (unpaired) electrons. The second-order valence-electron chi connectivity index (χ2n) is 4.85. The normalized spacial score (nSPS) is 15.0. The lowest BCUT2D eigenvalue weighted by Crippen LogP contribution is -2.20. The van der Waals surface area contributed by atoms with Gasteiger partial charge in [-0.1, -0.05) is 6.07 Å². The van der Waals surface area contributed by atoms with Gasteiger partial charge in [0.25, 0.3) is 0 Å². The molecule has 118 valence electrons. The van der Waals surface area contributed by atoms with E-state index in [-0.39, 0.29) is 0 Å². The zero-order chi connectivity index (χ0) is 15.3. The van der Waals surface area contributed by atoms with Gasteiger partial charge in [-0.15, -0.1) is 0 Å². The summed E-state index contributed by atoms with van der Waals surface area (Å²) < 4.78 is 50.8. The Morgan fingerprint density at radius 1 is 1.29 bits per heavy atom. The number of nitrogens with one attached hydrogen (secondary N) is 1. The SMILES string of the molecule is COc1ccc(CNC2CC2)c(OCOCC(F)(F)F)c1. The third-order valence-electron chi connectivity index (χ3n) is 3.00. The van der Waals surface area contributed by atoms with E-state index in [0.717, 1.165) is 18.4 Å². The summed E-state index contributed by atoms with van der Waals surface area (Å²) >= 11 is 0. The molecular weight excluding hydrogens is 287 g/mol. The summed E-state index contributed by atoms with van der Waals surface area (Å²) in [6.45, 7) is -1.18. The number of alkyl halides is 3. The topological polar surface area (TPSA) is 39.7 Å². The van der Waals surface area contributed by atoms with Gasteiger partial charge in [-0.3, -0.25) is 0 Å². The molecule has 1 N–H and O–H groups in total. The van der Waals surface area contributed by atoms with Crippen LogP contribution < -0.4 is 14.8 Å². The Labute approximate surface area is 121 Å². The van der Waals surface area contributed by atoms with Gasteiger partial charge in [0.15, 0.2) is 6.79 Å². The molecule has 0 saturated heterocycles. The lowest BCUT2D eigenvalue weighted by Gasteiger charge is -2.14. The highest BCUT2D eigenvalue weighted by Crippen LogP contribution is 2.27. The van der Waals surface area contributed by atoms with Crippen LogP contribution in [0.2, 0.25) is 0 Å². The van der Waals surface area contributed by atoms with Crippen LogP contribution in [0.25, 0.3) is 0 Å². The number of hydrogen-bond acceptors (Lipinski definition) is 4. The molecule has 2 rings (SSSR count). The molecule has 0 heterocycles. The van der Waals surface area contributed by atoms with E-state index in [0.29, 0.717) is 24.1 Å². The zero-order valence-corrected chi connectivity index (χ0v) is 11.7. The van der Waals surface area contributed by atoms with E-state index in [4.69, 9.17) is 9.47 Å². The monoisotopic (exact) mass is 305 g/mol. The average molecular weight is 305 g/mol. The molecule has 0 bridgehead atoms. The maximum atomic E-state index is 12.0. The van der Waals surface area contributed by atoms with Crippen LogP contribution in [0.3, 0.4) is 0 Å². The van der Waals surface area contributed by atoms with Crippen molar-refractivity contribution >= 4 is 0 Å². The molecule has 0 spiro atoms. The van der Waals surface area contributed by atoms with Gasteiger partial charge in [0.2, 0.25) is 0 Å². The fraction of sp³-hybridized carbons (Fsp3) is 0.571.